The predicted molar refractivity (Wildman–Crippen MR) is 109 cm³/mol. The number of rotatable bonds is 4. The van der Waals surface area contributed by atoms with Gasteiger partial charge in [-0.1, -0.05) is 0 Å². The quantitative estimate of drug-likeness (QED) is 0.666. The predicted octanol–water partition coefficient (Wildman–Crippen LogP) is 3.27. The number of nitrogens with zero attached hydrogens (tertiary/aromatic N) is 4. The number of alkyl halides is 3. The summed E-state index contributed by atoms with van der Waals surface area (Å²) in [5.74, 6) is -0.675. The molecule has 8 nitrogen and oxygen atoms in total. The SMILES string of the molecule is COc1nc(C)cc2c1-c1ccnn1CC(=O)N2CC(=O)Nc1ccc(C(F)(F)F)cc1. The van der Waals surface area contributed by atoms with Gasteiger partial charge in [-0.3, -0.25) is 14.3 Å². The number of carbonyl (C=O) groups is 2. The third kappa shape index (κ3) is 4.01. The molecule has 0 saturated heterocycles. The van der Waals surface area contributed by atoms with Crippen LogP contribution in [0.1, 0.15) is 11.3 Å². The second kappa shape index (κ2) is 7.98. The number of methoxy groups -OCH3 is 1. The zero-order valence-electron chi connectivity index (χ0n) is 17.1. The van der Waals surface area contributed by atoms with Crippen LogP contribution in [0, 0.1) is 6.92 Å². The number of pyridine rings is 1. The maximum absolute atomic E-state index is 13.0. The Kier molecular flexibility index (Phi) is 5.33. The van der Waals surface area contributed by atoms with Gasteiger partial charge in [-0.2, -0.15) is 18.3 Å². The lowest BCUT2D eigenvalue weighted by Crippen LogP contribution is -2.39. The van der Waals surface area contributed by atoms with Gasteiger partial charge < -0.3 is 15.0 Å². The van der Waals surface area contributed by atoms with Crippen molar-refractivity contribution in [1.82, 2.24) is 14.8 Å². The number of ether oxygens (including phenoxy) is 1. The van der Waals surface area contributed by atoms with Crippen LogP contribution in [0.5, 0.6) is 5.88 Å². The Bertz CT molecular complexity index is 1190. The summed E-state index contributed by atoms with van der Waals surface area (Å²) in [6.45, 7) is 1.27. The number of fused-ring (bicyclic) bond motifs is 3. The molecular weight excluding hydrogens is 427 g/mol. The van der Waals surface area contributed by atoms with Gasteiger partial charge in [0.2, 0.25) is 17.7 Å². The average Bonchev–Trinajstić information content (AvgIpc) is 3.14. The topological polar surface area (TPSA) is 89.4 Å². The smallest absolute Gasteiger partial charge is 0.416 e. The molecule has 2 amide bonds. The number of halogens is 3. The number of anilines is 2. The van der Waals surface area contributed by atoms with E-state index < -0.39 is 17.6 Å². The number of aromatic nitrogens is 3. The Balaban J connectivity index is 1.64. The number of hydrogen-bond acceptors (Lipinski definition) is 5. The van der Waals surface area contributed by atoms with E-state index in [1.165, 1.54) is 16.7 Å². The van der Waals surface area contributed by atoms with Crippen molar-refractivity contribution in [2.75, 3.05) is 23.9 Å². The highest BCUT2D eigenvalue weighted by Crippen LogP contribution is 2.40. The van der Waals surface area contributed by atoms with E-state index in [4.69, 9.17) is 4.74 Å². The maximum Gasteiger partial charge on any atom is 0.416 e. The molecule has 2 aromatic heterocycles. The molecule has 166 valence electrons. The molecule has 0 spiro atoms. The van der Waals surface area contributed by atoms with Gasteiger partial charge in [-0.25, -0.2) is 4.98 Å². The standard InChI is InChI=1S/C21H18F3N5O3/c1-12-9-16-19(20(26-12)32-2)15-7-8-25-29(15)11-18(31)28(16)10-17(30)27-14-5-3-13(4-6-14)21(22,23)24/h3-9H,10-11H2,1-2H3,(H,27,30). The Morgan fingerprint density at radius 1 is 1.22 bits per heavy atom. The van der Waals surface area contributed by atoms with Crippen LogP contribution < -0.4 is 15.0 Å². The van der Waals surface area contributed by atoms with Crippen molar-refractivity contribution < 1.29 is 27.5 Å². The number of aryl methyl sites for hydroxylation is 1. The fourth-order valence-electron chi connectivity index (χ4n) is 3.51. The minimum absolute atomic E-state index is 0.104. The lowest BCUT2D eigenvalue weighted by Gasteiger charge is -2.23. The Morgan fingerprint density at radius 3 is 2.59 bits per heavy atom. The third-order valence-electron chi connectivity index (χ3n) is 4.93. The average molecular weight is 445 g/mol. The lowest BCUT2D eigenvalue weighted by atomic mass is 10.1. The summed E-state index contributed by atoms with van der Waals surface area (Å²) in [7, 11) is 1.46. The van der Waals surface area contributed by atoms with Gasteiger partial charge in [0.25, 0.3) is 0 Å². The van der Waals surface area contributed by atoms with E-state index in [-0.39, 0.29) is 30.6 Å². The van der Waals surface area contributed by atoms with Crippen molar-refractivity contribution in [1.29, 1.82) is 0 Å². The third-order valence-corrected chi connectivity index (χ3v) is 4.93. The Hall–Kier alpha value is -3.89. The summed E-state index contributed by atoms with van der Waals surface area (Å²) >= 11 is 0. The fourth-order valence-corrected chi connectivity index (χ4v) is 3.51. The van der Waals surface area contributed by atoms with Crippen LogP contribution in [0.2, 0.25) is 0 Å². The molecule has 1 aliphatic rings. The van der Waals surface area contributed by atoms with Crippen LogP contribution in [0.15, 0.2) is 42.6 Å². The first-order chi connectivity index (χ1) is 15.2. The van der Waals surface area contributed by atoms with E-state index >= 15 is 0 Å². The van der Waals surface area contributed by atoms with E-state index in [2.05, 4.69) is 15.4 Å². The molecular formula is C21H18F3N5O3. The highest BCUT2D eigenvalue weighted by molar-refractivity contribution is 6.06. The normalized spacial score (nSPS) is 13.3. The van der Waals surface area contributed by atoms with E-state index in [1.807, 2.05) is 0 Å². The highest BCUT2D eigenvalue weighted by Gasteiger charge is 2.32. The molecule has 0 unspecified atom stereocenters. The van der Waals surface area contributed by atoms with Crippen molar-refractivity contribution in [2.24, 2.45) is 0 Å². The molecule has 3 aromatic rings. The van der Waals surface area contributed by atoms with Crippen LogP contribution in [0.4, 0.5) is 24.5 Å². The van der Waals surface area contributed by atoms with E-state index in [0.717, 1.165) is 24.3 Å². The molecule has 0 radical (unpaired) electrons. The van der Waals surface area contributed by atoms with Crippen molar-refractivity contribution in [3.63, 3.8) is 0 Å². The molecule has 0 aliphatic carbocycles. The van der Waals surface area contributed by atoms with E-state index in [9.17, 15) is 22.8 Å². The first-order valence-electron chi connectivity index (χ1n) is 9.52. The molecule has 0 fully saturated rings. The van der Waals surface area contributed by atoms with Crippen molar-refractivity contribution in [3.05, 3.63) is 53.9 Å². The summed E-state index contributed by atoms with van der Waals surface area (Å²) in [4.78, 5) is 31.3. The highest BCUT2D eigenvalue weighted by atomic mass is 19.4. The van der Waals surface area contributed by atoms with Crippen LogP contribution in [-0.2, 0) is 22.3 Å². The molecule has 0 atom stereocenters. The number of nitrogens with one attached hydrogen (secondary N) is 1. The second-order valence-electron chi connectivity index (χ2n) is 7.14. The van der Waals surface area contributed by atoms with Crippen molar-refractivity contribution >= 4 is 23.2 Å². The van der Waals surface area contributed by atoms with Crippen LogP contribution >= 0.6 is 0 Å². The Morgan fingerprint density at radius 2 is 1.94 bits per heavy atom. The number of carbonyl (C=O) groups excluding carboxylic acids is 2. The van der Waals surface area contributed by atoms with Crippen molar-refractivity contribution in [3.8, 4) is 17.1 Å². The molecule has 4 rings (SSSR count). The van der Waals surface area contributed by atoms with Gasteiger partial charge in [-0.05, 0) is 43.3 Å². The zero-order valence-corrected chi connectivity index (χ0v) is 17.1. The van der Waals surface area contributed by atoms with Crippen molar-refractivity contribution in [2.45, 2.75) is 19.6 Å². The van der Waals surface area contributed by atoms with E-state index in [0.29, 0.717) is 22.6 Å². The maximum atomic E-state index is 13.0. The summed E-state index contributed by atoms with van der Waals surface area (Å²) in [6.07, 6.45) is -2.92. The number of hydrogen-bond donors (Lipinski definition) is 1. The second-order valence-corrected chi connectivity index (χ2v) is 7.14. The molecule has 3 heterocycles. The van der Waals surface area contributed by atoms with Crippen LogP contribution in [-0.4, -0.2) is 40.2 Å². The van der Waals surface area contributed by atoms with E-state index in [1.54, 1.807) is 25.3 Å². The van der Waals surface area contributed by atoms with Gasteiger partial charge in [0.1, 0.15) is 13.1 Å². The van der Waals surface area contributed by atoms with Gasteiger partial charge in [0.15, 0.2) is 0 Å². The fraction of sp³-hybridized carbons (Fsp3) is 0.238. The molecule has 1 aliphatic heterocycles. The summed E-state index contributed by atoms with van der Waals surface area (Å²) < 4.78 is 45.1. The molecule has 0 saturated carbocycles. The van der Waals surface area contributed by atoms with Gasteiger partial charge in [0.05, 0.1) is 29.6 Å². The zero-order chi connectivity index (χ0) is 23.0. The molecule has 11 heteroatoms. The first kappa shape index (κ1) is 21.3. The largest absolute Gasteiger partial charge is 0.480 e. The summed E-state index contributed by atoms with van der Waals surface area (Å²) in [5.41, 5.74) is 1.50. The molecule has 1 N–H and O–H groups in total. The monoisotopic (exact) mass is 445 g/mol. The molecule has 32 heavy (non-hydrogen) atoms. The summed E-state index contributed by atoms with van der Waals surface area (Å²) in [6, 6.07) is 7.46. The van der Waals surface area contributed by atoms with Gasteiger partial charge in [0, 0.05) is 17.6 Å². The minimum atomic E-state index is -4.47. The molecule has 1 aromatic carbocycles. The molecule has 0 bridgehead atoms. The van der Waals surface area contributed by atoms with Crippen LogP contribution in [0.3, 0.4) is 0 Å². The van der Waals surface area contributed by atoms with Crippen LogP contribution in [0.25, 0.3) is 11.3 Å². The van der Waals surface area contributed by atoms with Gasteiger partial charge >= 0.3 is 6.18 Å². The number of benzene rings is 1. The first-order valence-corrected chi connectivity index (χ1v) is 9.52. The minimum Gasteiger partial charge on any atom is -0.480 e. The number of amides is 2. The Labute approximate surface area is 180 Å². The van der Waals surface area contributed by atoms with Gasteiger partial charge in [-0.15, -0.1) is 0 Å². The lowest BCUT2D eigenvalue weighted by molar-refractivity contribution is -0.137. The summed E-state index contributed by atoms with van der Waals surface area (Å²) in [5, 5.41) is 6.70.